The summed E-state index contributed by atoms with van der Waals surface area (Å²) in [5.74, 6) is 0.614. The van der Waals surface area contributed by atoms with Crippen molar-refractivity contribution in [2.24, 2.45) is 0 Å². The lowest BCUT2D eigenvalue weighted by Gasteiger charge is -2.09. The summed E-state index contributed by atoms with van der Waals surface area (Å²) in [7, 11) is 0. The molecule has 0 radical (unpaired) electrons. The molecule has 0 unspecified atom stereocenters. The number of nitrogens with zero attached hydrogens (tertiary/aromatic N) is 3. The van der Waals surface area contributed by atoms with E-state index in [9.17, 15) is 4.79 Å². The third kappa shape index (κ3) is 4.46. The Balaban J connectivity index is 2.22. The molecule has 0 aliphatic rings. The Hall–Kier alpha value is -2.08. The fourth-order valence-corrected chi connectivity index (χ4v) is 2.58. The Morgan fingerprint density at radius 3 is 2.76 bits per heavy atom. The normalized spacial score (nSPS) is 10.5. The van der Waals surface area contributed by atoms with Crippen LogP contribution in [-0.2, 0) is 17.8 Å². The highest BCUT2D eigenvalue weighted by Crippen LogP contribution is 2.19. The highest BCUT2D eigenvalue weighted by Gasteiger charge is 2.13. The standard InChI is InChI=1S/C15H17N3O2S/c1-2-10-21-15-17-16-13(8-9-14(19)20)18(15)11-12-6-4-3-5-7-12/h2-7H,1,8-11H2,(H,19,20). The van der Waals surface area contributed by atoms with Crippen molar-refractivity contribution in [1.82, 2.24) is 14.8 Å². The van der Waals surface area contributed by atoms with Crippen LogP contribution in [-0.4, -0.2) is 31.6 Å². The summed E-state index contributed by atoms with van der Waals surface area (Å²) >= 11 is 1.55. The number of hydrogen-bond acceptors (Lipinski definition) is 4. The molecule has 0 aliphatic carbocycles. The van der Waals surface area contributed by atoms with E-state index in [1.807, 2.05) is 41.0 Å². The SMILES string of the molecule is C=CCSc1nnc(CCC(=O)O)n1Cc1ccccc1. The summed E-state index contributed by atoms with van der Waals surface area (Å²) in [5, 5.41) is 17.9. The Labute approximate surface area is 127 Å². The van der Waals surface area contributed by atoms with E-state index in [4.69, 9.17) is 5.11 Å². The van der Waals surface area contributed by atoms with Gasteiger partial charge in [-0.2, -0.15) is 0 Å². The van der Waals surface area contributed by atoms with Gasteiger partial charge in [-0.15, -0.1) is 16.8 Å². The van der Waals surface area contributed by atoms with Crippen molar-refractivity contribution >= 4 is 17.7 Å². The van der Waals surface area contributed by atoms with Gasteiger partial charge in [-0.3, -0.25) is 4.79 Å². The molecular formula is C15H17N3O2S. The predicted octanol–water partition coefficient (Wildman–Crippen LogP) is 2.62. The maximum absolute atomic E-state index is 10.7. The lowest BCUT2D eigenvalue weighted by Crippen LogP contribution is -2.09. The van der Waals surface area contributed by atoms with Gasteiger partial charge in [0.1, 0.15) is 5.82 Å². The van der Waals surface area contributed by atoms with Crippen LogP contribution < -0.4 is 0 Å². The second kappa shape index (κ2) is 7.64. The molecule has 0 saturated carbocycles. The van der Waals surface area contributed by atoms with E-state index in [0.717, 1.165) is 16.5 Å². The zero-order valence-corrected chi connectivity index (χ0v) is 12.4. The minimum absolute atomic E-state index is 0.0546. The molecule has 0 atom stereocenters. The molecule has 1 aromatic heterocycles. The second-order valence-corrected chi connectivity index (χ2v) is 5.45. The molecule has 1 aromatic carbocycles. The summed E-state index contributed by atoms with van der Waals surface area (Å²) in [6, 6.07) is 9.99. The number of rotatable bonds is 8. The minimum Gasteiger partial charge on any atom is -0.481 e. The zero-order chi connectivity index (χ0) is 15.1. The molecule has 0 saturated heterocycles. The van der Waals surface area contributed by atoms with E-state index in [1.54, 1.807) is 11.8 Å². The quantitative estimate of drug-likeness (QED) is 0.600. The van der Waals surface area contributed by atoms with Crippen molar-refractivity contribution in [1.29, 1.82) is 0 Å². The fourth-order valence-electron chi connectivity index (χ4n) is 1.89. The van der Waals surface area contributed by atoms with Crippen molar-refractivity contribution in [2.75, 3.05) is 5.75 Å². The lowest BCUT2D eigenvalue weighted by molar-refractivity contribution is -0.137. The summed E-state index contributed by atoms with van der Waals surface area (Å²) < 4.78 is 1.98. The first-order valence-electron chi connectivity index (χ1n) is 6.62. The fraction of sp³-hybridized carbons (Fsp3) is 0.267. The molecule has 2 aromatic rings. The number of aliphatic carboxylic acids is 1. The average molecular weight is 303 g/mol. The van der Waals surface area contributed by atoms with E-state index in [1.165, 1.54) is 0 Å². The molecule has 2 rings (SSSR count). The van der Waals surface area contributed by atoms with E-state index in [0.29, 0.717) is 18.8 Å². The van der Waals surface area contributed by atoms with E-state index >= 15 is 0 Å². The van der Waals surface area contributed by atoms with Crippen molar-refractivity contribution in [3.05, 3.63) is 54.4 Å². The number of carboxylic acid groups (broad SMARTS) is 1. The number of aryl methyl sites for hydroxylation is 1. The first kappa shape index (κ1) is 15.3. The third-order valence-corrected chi connectivity index (χ3v) is 3.83. The molecule has 0 amide bonds. The van der Waals surface area contributed by atoms with Gasteiger partial charge in [0.05, 0.1) is 13.0 Å². The van der Waals surface area contributed by atoms with E-state index in [-0.39, 0.29) is 6.42 Å². The monoisotopic (exact) mass is 303 g/mol. The number of carbonyl (C=O) groups is 1. The largest absolute Gasteiger partial charge is 0.481 e. The molecule has 0 fully saturated rings. The van der Waals surface area contributed by atoms with Gasteiger partial charge in [-0.25, -0.2) is 0 Å². The van der Waals surface area contributed by atoms with Crippen LogP contribution in [0.3, 0.4) is 0 Å². The molecule has 0 aliphatic heterocycles. The van der Waals surface area contributed by atoms with Gasteiger partial charge in [0.2, 0.25) is 0 Å². The lowest BCUT2D eigenvalue weighted by atomic mass is 10.2. The Kier molecular flexibility index (Phi) is 5.57. The van der Waals surface area contributed by atoms with Gasteiger partial charge in [0, 0.05) is 12.2 Å². The Morgan fingerprint density at radius 2 is 2.10 bits per heavy atom. The summed E-state index contributed by atoms with van der Waals surface area (Å²) in [5.41, 5.74) is 1.13. The van der Waals surface area contributed by atoms with Gasteiger partial charge in [0.25, 0.3) is 0 Å². The molecular weight excluding hydrogens is 286 g/mol. The highest BCUT2D eigenvalue weighted by atomic mass is 32.2. The molecule has 110 valence electrons. The van der Waals surface area contributed by atoms with Gasteiger partial charge < -0.3 is 9.67 Å². The molecule has 1 N–H and O–H groups in total. The molecule has 21 heavy (non-hydrogen) atoms. The van der Waals surface area contributed by atoms with Crippen LogP contribution in [0, 0.1) is 0 Å². The summed E-state index contributed by atoms with van der Waals surface area (Å²) in [4.78, 5) is 10.7. The first-order chi connectivity index (χ1) is 10.2. The van der Waals surface area contributed by atoms with Crippen LogP contribution in [0.15, 0.2) is 48.1 Å². The molecule has 1 heterocycles. The van der Waals surface area contributed by atoms with Gasteiger partial charge in [-0.05, 0) is 5.56 Å². The maximum Gasteiger partial charge on any atom is 0.303 e. The number of hydrogen-bond donors (Lipinski definition) is 1. The number of aromatic nitrogens is 3. The van der Waals surface area contributed by atoms with Gasteiger partial charge in [0.15, 0.2) is 5.16 Å². The van der Waals surface area contributed by atoms with Crippen LogP contribution in [0.25, 0.3) is 0 Å². The van der Waals surface area contributed by atoms with E-state index in [2.05, 4.69) is 16.8 Å². The number of thioether (sulfide) groups is 1. The van der Waals surface area contributed by atoms with Gasteiger partial charge in [-0.1, -0.05) is 48.2 Å². The maximum atomic E-state index is 10.7. The van der Waals surface area contributed by atoms with Crippen LogP contribution >= 0.6 is 11.8 Å². The molecule has 0 bridgehead atoms. The Morgan fingerprint density at radius 1 is 1.33 bits per heavy atom. The predicted molar refractivity (Wildman–Crippen MR) is 82.4 cm³/mol. The average Bonchev–Trinajstić information content (AvgIpc) is 2.86. The number of benzene rings is 1. The van der Waals surface area contributed by atoms with Crippen molar-refractivity contribution in [2.45, 2.75) is 24.5 Å². The van der Waals surface area contributed by atoms with Crippen molar-refractivity contribution in [3.63, 3.8) is 0 Å². The van der Waals surface area contributed by atoms with Crippen LogP contribution in [0.4, 0.5) is 0 Å². The van der Waals surface area contributed by atoms with Crippen molar-refractivity contribution < 1.29 is 9.90 Å². The van der Waals surface area contributed by atoms with Crippen LogP contribution in [0.2, 0.25) is 0 Å². The minimum atomic E-state index is -0.829. The van der Waals surface area contributed by atoms with Crippen LogP contribution in [0.5, 0.6) is 0 Å². The molecule has 0 spiro atoms. The zero-order valence-electron chi connectivity index (χ0n) is 11.6. The topological polar surface area (TPSA) is 68.0 Å². The van der Waals surface area contributed by atoms with Crippen molar-refractivity contribution in [3.8, 4) is 0 Å². The van der Waals surface area contributed by atoms with E-state index < -0.39 is 5.97 Å². The highest BCUT2D eigenvalue weighted by molar-refractivity contribution is 7.99. The summed E-state index contributed by atoms with van der Waals surface area (Å²) in [6.45, 7) is 4.34. The Bertz CT molecular complexity index is 611. The summed E-state index contributed by atoms with van der Waals surface area (Å²) in [6.07, 6.45) is 2.24. The van der Waals surface area contributed by atoms with Gasteiger partial charge >= 0.3 is 5.97 Å². The third-order valence-electron chi connectivity index (χ3n) is 2.87. The smallest absolute Gasteiger partial charge is 0.303 e. The molecule has 6 heteroatoms. The van der Waals surface area contributed by atoms with Crippen LogP contribution in [0.1, 0.15) is 17.8 Å². The first-order valence-corrected chi connectivity index (χ1v) is 7.60. The number of carboxylic acids is 1. The molecule has 5 nitrogen and oxygen atoms in total. The second-order valence-electron chi connectivity index (χ2n) is 4.46.